The van der Waals surface area contributed by atoms with Crippen molar-refractivity contribution in [1.29, 1.82) is 0 Å². The van der Waals surface area contributed by atoms with E-state index < -0.39 is 0 Å². The third kappa shape index (κ3) is 4.09. The highest BCUT2D eigenvalue weighted by Gasteiger charge is 2.28. The van der Waals surface area contributed by atoms with Crippen LogP contribution in [0.15, 0.2) is 0 Å². The minimum absolute atomic E-state index is 0.539. The third-order valence-corrected chi connectivity index (χ3v) is 3.29. The Kier molecular flexibility index (Phi) is 4.42. The molecule has 2 rings (SSSR count). The van der Waals surface area contributed by atoms with E-state index in [1.54, 1.807) is 0 Å². The Morgan fingerprint density at radius 2 is 1.73 bits per heavy atom. The minimum atomic E-state index is 0.539. The number of hydrogen-bond acceptors (Lipinski definition) is 3. The summed E-state index contributed by atoms with van der Waals surface area (Å²) in [4.78, 5) is 0. The zero-order valence-corrected chi connectivity index (χ0v) is 9.80. The van der Waals surface area contributed by atoms with Crippen molar-refractivity contribution in [3.05, 3.63) is 0 Å². The lowest BCUT2D eigenvalue weighted by Gasteiger charge is -2.35. The number of nitrogens with one attached hydrogen (secondary N) is 2. The summed E-state index contributed by atoms with van der Waals surface area (Å²) in [5, 5.41) is 7.11. The molecule has 2 aliphatic carbocycles. The minimum Gasteiger partial charge on any atom is -0.378 e. The quantitative estimate of drug-likeness (QED) is 0.595. The summed E-state index contributed by atoms with van der Waals surface area (Å²) in [5.74, 6) is 0. The van der Waals surface area contributed by atoms with Crippen LogP contribution < -0.4 is 10.6 Å². The summed E-state index contributed by atoms with van der Waals surface area (Å²) in [5.41, 5.74) is 0. The normalized spacial score (nSPS) is 30.2. The van der Waals surface area contributed by atoms with E-state index in [9.17, 15) is 0 Å². The van der Waals surface area contributed by atoms with E-state index >= 15 is 0 Å². The van der Waals surface area contributed by atoms with Crippen LogP contribution in [-0.4, -0.2) is 37.9 Å². The monoisotopic (exact) mass is 212 g/mol. The van der Waals surface area contributed by atoms with Gasteiger partial charge in [0.15, 0.2) is 0 Å². The molecule has 2 N–H and O–H groups in total. The molecule has 2 aliphatic rings. The van der Waals surface area contributed by atoms with E-state index in [2.05, 4.69) is 17.6 Å². The van der Waals surface area contributed by atoms with Crippen molar-refractivity contribution < 1.29 is 4.74 Å². The Hall–Kier alpha value is -0.120. The van der Waals surface area contributed by atoms with E-state index in [0.29, 0.717) is 6.10 Å². The maximum absolute atomic E-state index is 5.52. The molecular formula is C12H24N2O. The summed E-state index contributed by atoms with van der Waals surface area (Å²) in [6.45, 7) is 5.27. The van der Waals surface area contributed by atoms with Gasteiger partial charge < -0.3 is 15.4 Å². The molecule has 0 heterocycles. The molecule has 3 heteroatoms. The molecule has 0 atom stereocenters. The van der Waals surface area contributed by atoms with E-state index in [4.69, 9.17) is 4.74 Å². The van der Waals surface area contributed by atoms with Gasteiger partial charge in [-0.3, -0.25) is 0 Å². The molecule has 0 unspecified atom stereocenters. The van der Waals surface area contributed by atoms with Crippen LogP contribution in [0.4, 0.5) is 0 Å². The Morgan fingerprint density at radius 1 is 1.07 bits per heavy atom. The second-order valence-electron chi connectivity index (χ2n) is 4.78. The first-order valence-corrected chi connectivity index (χ1v) is 6.47. The molecule has 0 amide bonds. The van der Waals surface area contributed by atoms with Crippen molar-refractivity contribution in [2.75, 3.05) is 19.7 Å². The molecule has 0 aromatic carbocycles. The van der Waals surface area contributed by atoms with Crippen LogP contribution in [0.3, 0.4) is 0 Å². The Bertz CT molecular complexity index is 176. The maximum atomic E-state index is 5.52. The van der Waals surface area contributed by atoms with Crippen LogP contribution in [0.2, 0.25) is 0 Å². The standard InChI is InChI=1S/C12H24N2O/c1-2-15-12-8-11(9-12)14-7-3-6-13-10-4-5-10/h10-14H,2-9H2,1H3. The van der Waals surface area contributed by atoms with Gasteiger partial charge in [0.25, 0.3) is 0 Å². The van der Waals surface area contributed by atoms with Gasteiger partial charge in [0.1, 0.15) is 0 Å². The van der Waals surface area contributed by atoms with Crippen LogP contribution in [0.5, 0.6) is 0 Å². The number of rotatable bonds is 8. The van der Waals surface area contributed by atoms with Gasteiger partial charge in [-0.2, -0.15) is 0 Å². The van der Waals surface area contributed by atoms with Gasteiger partial charge in [0.05, 0.1) is 6.10 Å². The maximum Gasteiger partial charge on any atom is 0.0604 e. The largest absolute Gasteiger partial charge is 0.378 e. The van der Waals surface area contributed by atoms with Crippen LogP contribution in [0.25, 0.3) is 0 Å². The zero-order valence-electron chi connectivity index (χ0n) is 9.80. The Balaban J connectivity index is 1.36. The second-order valence-corrected chi connectivity index (χ2v) is 4.78. The molecule has 0 aliphatic heterocycles. The predicted molar refractivity (Wildman–Crippen MR) is 62.1 cm³/mol. The molecular weight excluding hydrogens is 188 g/mol. The summed E-state index contributed by atoms with van der Waals surface area (Å²) in [6.07, 6.45) is 7.01. The summed E-state index contributed by atoms with van der Waals surface area (Å²) >= 11 is 0. The fourth-order valence-electron chi connectivity index (χ4n) is 2.09. The predicted octanol–water partition coefficient (Wildman–Crippen LogP) is 1.29. The van der Waals surface area contributed by atoms with E-state index in [-0.39, 0.29) is 0 Å². The third-order valence-electron chi connectivity index (χ3n) is 3.29. The highest BCUT2D eigenvalue weighted by molar-refractivity contribution is 4.86. The first-order chi connectivity index (χ1) is 7.38. The van der Waals surface area contributed by atoms with Crippen molar-refractivity contribution in [3.8, 4) is 0 Å². The van der Waals surface area contributed by atoms with Gasteiger partial charge in [0, 0.05) is 18.7 Å². The van der Waals surface area contributed by atoms with Crippen LogP contribution >= 0.6 is 0 Å². The molecule has 0 radical (unpaired) electrons. The van der Waals surface area contributed by atoms with E-state index in [0.717, 1.165) is 25.2 Å². The first kappa shape index (κ1) is 11.4. The van der Waals surface area contributed by atoms with Crippen molar-refractivity contribution in [1.82, 2.24) is 10.6 Å². The topological polar surface area (TPSA) is 33.3 Å². The second kappa shape index (κ2) is 5.83. The molecule has 88 valence electrons. The van der Waals surface area contributed by atoms with Crippen LogP contribution in [0.1, 0.15) is 39.0 Å². The van der Waals surface area contributed by atoms with Gasteiger partial charge in [0.2, 0.25) is 0 Å². The van der Waals surface area contributed by atoms with Gasteiger partial charge in [-0.15, -0.1) is 0 Å². The molecule has 2 fully saturated rings. The fraction of sp³-hybridized carbons (Fsp3) is 1.00. The SMILES string of the molecule is CCOC1CC(NCCCNC2CC2)C1. The number of hydrogen-bond donors (Lipinski definition) is 2. The summed E-state index contributed by atoms with van der Waals surface area (Å²) in [6, 6.07) is 1.58. The number of ether oxygens (including phenoxy) is 1. The van der Waals surface area contributed by atoms with Crippen molar-refractivity contribution in [2.45, 2.75) is 57.2 Å². The van der Waals surface area contributed by atoms with Gasteiger partial charge in [-0.05, 0) is 52.1 Å². The fourth-order valence-corrected chi connectivity index (χ4v) is 2.09. The molecule has 0 spiro atoms. The lowest BCUT2D eigenvalue weighted by Crippen LogP contribution is -2.46. The van der Waals surface area contributed by atoms with Crippen molar-refractivity contribution in [2.24, 2.45) is 0 Å². The van der Waals surface area contributed by atoms with E-state index in [1.165, 1.54) is 38.6 Å². The summed E-state index contributed by atoms with van der Waals surface area (Å²) < 4.78 is 5.52. The molecule has 0 aromatic heterocycles. The average Bonchev–Trinajstić information content (AvgIpc) is 2.96. The van der Waals surface area contributed by atoms with Gasteiger partial charge in [-0.25, -0.2) is 0 Å². The highest BCUT2D eigenvalue weighted by Crippen LogP contribution is 2.23. The smallest absolute Gasteiger partial charge is 0.0604 e. The van der Waals surface area contributed by atoms with Crippen LogP contribution in [-0.2, 0) is 4.74 Å². The van der Waals surface area contributed by atoms with Crippen molar-refractivity contribution in [3.63, 3.8) is 0 Å². The molecule has 15 heavy (non-hydrogen) atoms. The zero-order chi connectivity index (χ0) is 10.5. The van der Waals surface area contributed by atoms with E-state index in [1.807, 2.05) is 0 Å². The highest BCUT2D eigenvalue weighted by atomic mass is 16.5. The molecule has 2 saturated carbocycles. The molecule has 0 bridgehead atoms. The van der Waals surface area contributed by atoms with Crippen molar-refractivity contribution >= 4 is 0 Å². The lowest BCUT2D eigenvalue weighted by atomic mass is 9.89. The molecule has 0 aromatic rings. The molecule has 3 nitrogen and oxygen atoms in total. The molecule has 0 saturated heterocycles. The van der Waals surface area contributed by atoms with Gasteiger partial charge in [-0.1, -0.05) is 0 Å². The average molecular weight is 212 g/mol. The van der Waals surface area contributed by atoms with Crippen LogP contribution in [0, 0.1) is 0 Å². The Labute approximate surface area is 93.0 Å². The first-order valence-electron chi connectivity index (χ1n) is 6.47. The summed E-state index contributed by atoms with van der Waals surface area (Å²) in [7, 11) is 0. The lowest BCUT2D eigenvalue weighted by molar-refractivity contribution is -0.00971. The Morgan fingerprint density at radius 3 is 2.33 bits per heavy atom. The van der Waals surface area contributed by atoms with Gasteiger partial charge >= 0.3 is 0 Å².